The Morgan fingerprint density at radius 2 is 2.11 bits per heavy atom. The summed E-state index contributed by atoms with van der Waals surface area (Å²) in [5.41, 5.74) is 0.885. The average molecular weight is 335 g/mol. The Hall–Kier alpha value is -0.610. The van der Waals surface area contributed by atoms with E-state index in [4.69, 9.17) is 11.6 Å². The highest BCUT2D eigenvalue weighted by Gasteiger charge is 2.22. The molecule has 0 unspecified atom stereocenters. The van der Waals surface area contributed by atoms with Crippen molar-refractivity contribution in [1.29, 1.82) is 0 Å². The Labute approximate surface area is 119 Å². The molecule has 1 aromatic carbocycles. The fourth-order valence-corrected chi connectivity index (χ4v) is 2.48. The molecule has 18 heavy (non-hydrogen) atoms. The lowest BCUT2D eigenvalue weighted by Gasteiger charge is -2.28. The SMILES string of the molecule is O=C(Cc1ccc(Br)c(Cl)c1)N1CCC(F)CC1. The summed E-state index contributed by atoms with van der Waals surface area (Å²) in [6, 6.07) is 5.49. The van der Waals surface area contributed by atoms with Crippen LogP contribution in [0.15, 0.2) is 22.7 Å². The number of hydrogen-bond acceptors (Lipinski definition) is 1. The van der Waals surface area contributed by atoms with E-state index < -0.39 is 6.17 Å². The highest BCUT2D eigenvalue weighted by molar-refractivity contribution is 9.10. The van der Waals surface area contributed by atoms with E-state index in [2.05, 4.69) is 15.9 Å². The molecule has 1 saturated heterocycles. The molecule has 0 aromatic heterocycles. The van der Waals surface area contributed by atoms with Crippen LogP contribution in [0.1, 0.15) is 18.4 Å². The van der Waals surface area contributed by atoms with Crippen molar-refractivity contribution in [2.75, 3.05) is 13.1 Å². The van der Waals surface area contributed by atoms with Crippen LogP contribution < -0.4 is 0 Å². The van der Waals surface area contributed by atoms with Gasteiger partial charge in [0.1, 0.15) is 6.17 Å². The molecule has 1 amide bonds. The number of piperidine rings is 1. The van der Waals surface area contributed by atoms with Crippen molar-refractivity contribution in [2.45, 2.75) is 25.4 Å². The quantitative estimate of drug-likeness (QED) is 0.809. The Kier molecular flexibility index (Phi) is 4.62. The summed E-state index contributed by atoms with van der Waals surface area (Å²) in [5, 5.41) is 0.600. The molecular weight excluding hydrogens is 321 g/mol. The van der Waals surface area contributed by atoms with Gasteiger partial charge in [0.25, 0.3) is 0 Å². The number of alkyl halides is 1. The molecule has 1 aliphatic heterocycles. The third-order valence-electron chi connectivity index (χ3n) is 3.12. The fraction of sp³-hybridized carbons (Fsp3) is 0.462. The third-order valence-corrected chi connectivity index (χ3v) is 4.35. The second-order valence-corrected chi connectivity index (χ2v) is 5.74. The maximum Gasteiger partial charge on any atom is 0.226 e. The van der Waals surface area contributed by atoms with E-state index in [-0.39, 0.29) is 5.91 Å². The number of hydrogen-bond donors (Lipinski definition) is 0. The van der Waals surface area contributed by atoms with Gasteiger partial charge in [0.05, 0.1) is 11.4 Å². The van der Waals surface area contributed by atoms with Crippen LogP contribution in [0.5, 0.6) is 0 Å². The van der Waals surface area contributed by atoms with E-state index in [9.17, 15) is 9.18 Å². The molecule has 1 aromatic rings. The third kappa shape index (κ3) is 3.45. The molecule has 5 heteroatoms. The summed E-state index contributed by atoms with van der Waals surface area (Å²) >= 11 is 9.29. The van der Waals surface area contributed by atoms with Crippen molar-refractivity contribution in [2.24, 2.45) is 0 Å². The molecule has 0 N–H and O–H groups in total. The fourth-order valence-electron chi connectivity index (χ4n) is 2.03. The van der Waals surface area contributed by atoms with Gasteiger partial charge in [-0.25, -0.2) is 4.39 Å². The van der Waals surface area contributed by atoms with Crippen LogP contribution in [0.25, 0.3) is 0 Å². The Bertz CT molecular complexity index is 447. The summed E-state index contributed by atoms with van der Waals surface area (Å²) < 4.78 is 13.8. The van der Waals surface area contributed by atoms with Crippen molar-refractivity contribution < 1.29 is 9.18 Å². The zero-order valence-electron chi connectivity index (χ0n) is 9.83. The first-order chi connectivity index (χ1) is 8.56. The first kappa shape index (κ1) is 13.8. The van der Waals surface area contributed by atoms with Crippen LogP contribution in [-0.2, 0) is 11.2 Å². The second kappa shape index (κ2) is 6.02. The summed E-state index contributed by atoms with van der Waals surface area (Å²) in [7, 11) is 0. The maximum absolute atomic E-state index is 13.0. The molecule has 2 nitrogen and oxygen atoms in total. The van der Waals surface area contributed by atoms with E-state index in [1.165, 1.54) is 0 Å². The second-order valence-electron chi connectivity index (χ2n) is 4.48. The van der Waals surface area contributed by atoms with Crippen LogP contribution in [0, 0.1) is 0 Å². The van der Waals surface area contributed by atoms with Crippen LogP contribution >= 0.6 is 27.5 Å². The minimum atomic E-state index is -0.754. The van der Waals surface area contributed by atoms with Gasteiger partial charge in [0.2, 0.25) is 5.91 Å². The van der Waals surface area contributed by atoms with Gasteiger partial charge in [-0.15, -0.1) is 0 Å². The van der Waals surface area contributed by atoms with E-state index in [1.807, 2.05) is 12.1 Å². The number of carbonyl (C=O) groups excluding carboxylic acids is 1. The number of halogens is 3. The number of benzene rings is 1. The van der Waals surface area contributed by atoms with Crippen molar-refractivity contribution in [3.8, 4) is 0 Å². The van der Waals surface area contributed by atoms with Gasteiger partial charge in [-0.1, -0.05) is 17.7 Å². The van der Waals surface area contributed by atoms with Crippen molar-refractivity contribution in [3.05, 3.63) is 33.3 Å². The Morgan fingerprint density at radius 1 is 1.44 bits per heavy atom. The number of likely N-dealkylation sites (tertiary alicyclic amines) is 1. The van der Waals surface area contributed by atoms with E-state index in [0.717, 1.165) is 10.0 Å². The average Bonchev–Trinajstić information content (AvgIpc) is 2.34. The molecule has 0 bridgehead atoms. The van der Waals surface area contributed by atoms with Gasteiger partial charge >= 0.3 is 0 Å². The smallest absolute Gasteiger partial charge is 0.226 e. The van der Waals surface area contributed by atoms with Gasteiger partial charge in [-0.3, -0.25) is 4.79 Å². The van der Waals surface area contributed by atoms with Gasteiger partial charge in [0.15, 0.2) is 0 Å². The lowest BCUT2D eigenvalue weighted by molar-refractivity contribution is -0.131. The van der Waals surface area contributed by atoms with Gasteiger partial charge in [-0.2, -0.15) is 0 Å². The monoisotopic (exact) mass is 333 g/mol. The van der Waals surface area contributed by atoms with Crippen molar-refractivity contribution in [3.63, 3.8) is 0 Å². The number of carbonyl (C=O) groups is 1. The number of nitrogens with zero attached hydrogens (tertiary/aromatic N) is 1. The molecule has 0 atom stereocenters. The molecule has 0 aliphatic carbocycles. The first-order valence-electron chi connectivity index (χ1n) is 5.92. The largest absolute Gasteiger partial charge is 0.342 e. The molecule has 1 fully saturated rings. The molecule has 0 spiro atoms. The first-order valence-corrected chi connectivity index (χ1v) is 7.09. The van der Waals surface area contributed by atoms with Crippen molar-refractivity contribution >= 4 is 33.4 Å². The minimum Gasteiger partial charge on any atom is -0.342 e. The summed E-state index contributed by atoms with van der Waals surface area (Å²) in [6.45, 7) is 1.04. The zero-order valence-corrected chi connectivity index (χ0v) is 12.2. The van der Waals surface area contributed by atoms with E-state index in [0.29, 0.717) is 37.4 Å². The molecule has 0 saturated carbocycles. The molecular formula is C13H14BrClFNO. The van der Waals surface area contributed by atoms with Gasteiger partial charge < -0.3 is 4.90 Å². The topological polar surface area (TPSA) is 20.3 Å². The van der Waals surface area contributed by atoms with Crippen LogP contribution in [0.4, 0.5) is 4.39 Å². The number of rotatable bonds is 2. The predicted octanol–water partition coefficient (Wildman–Crippen LogP) is 3.61. The van der Waals surface area contributed by atoms with Crippen LogP contribution in [0.2, 0.25) is 5.02 Å². The highest BCUT2D eigenvalue weighted by atomic mass is 79.9. The Morgan fingerprint density at radius 3 is 2.72 bits per heavy atom. The standard InChI is InChI=1S/C13H14BrClFNO/c14-11-2-1-9(7-12(11)15)8-13(18)17-5-3-10(16)4-6-17/h1-2,7,10H,3-6,8H2. The Balaban J connectivity index is 1.96. The molecule has 1 aliphatic rings. The highest BCUT2D eigenvalue weighted by Crippen LogP contribution is 2.24. The van der Waals surface area contributed by atoms with Crippen molar-refractivity contribution in [1.82, 2.24) is 4.90 Å². The normalized spacial score (nSPS) is 16.9. The lowest BCUT2D eigenvalue weighted by atomic mass is 10.1. The maximum atomic E-state index is 13.0. The summed E-state index contributed by atoms with van der Waals surface area (Å²) in [6.07, 6.45) is 0.472. The van der Waals surface area contributed by atoms with E-state index >= 15 is 0 Å². The van der Waals surface area contributed by atoms with Gasteiger partial charge in [-0.05, 0) is 46.5 Å². The van der Waals surface area contributed by atoms with Crippen LogP contribution in [-0.4, -0.2) is 30.1 Å². The minimum absolute atomic E-state index is 0.0419. The number of amides is 1. The lowest BCUT2D eigenvalue weighted by Crippen LogP contribution is -2.39. The predicted molar refractivity (Wildman–Crippen MR) is 73.6 cm³/mol. The molecule has 98 valence electrons. The van der Waals surface area contributed by atoms with Crippen LogP contribution in [0.3, 0.4) is 0 Å². The molecule has 0 radical (unpaired) electrons. The van der Waals surface area contributed by atoms with Gasteiger partial charge in [0, 0.05) is 17.6 Å². The van der Waals surface area contributed by atoms with E-state index in [1.54, 1.807) is 11.0 Å². The molecule has 2 rings (SSSR count). The summed E-state index contributed by atoms with van der Waals surface area (Å²) in [4.78, 5) is 13.7. The molecule has 1 heterocycles. The zero-order chi connectivity index (χ0) is 13.1. The summed E-state index contributed by atoms with van der Waals surface area (Å²) in [5.74, 6) is 0.0419.